The molecule has 1 aliphatic rings. The summed E-state index contributed by atoms with van der Waals surface area (Å²) < 4.78 is 39.3. The van der Waals surface area contributed by atoms with E-state index in [4.69, 9.17) is 9.47 Å². The van der Waals surface area contributed by atoms with Gasteiger partial charge in [-0.1, -0.05) is 18.2 Å². The van der Waals surface area contributed by atoms with Crippen molar-refractivity contribution >= 4 is 10.0 Å². The van der Waals surface area contributed by atoms with E-state index >= 15 is 0 Å². The van der Waals surface area contributed by atoms with Crippen LogP contribution in [0.5, 0.6) is 11.5 Å². The van der Waals surface area contributed by atoms with Crippen LogP contribution in [-0.4, -0.2) is 21.1 Å². The molecule has 128 valence electrons. The van der Waals surface area contributed by atoms with Crippen LogP contribution in [0.4, 0.5) is 0 Å². The molecule has 0 aromatic heterocycles. The van der Waals surface area contributed by atoms with Gasteiger partial charge in [0.05, 0.1) is 18.0 Å². The van der Waals surface area contributed by atoms with Gasteiger partial charge in [-0.25, -0.2) is 13.1 Å². The fourth-order valence-electron chi connectivity index (χ4n) is 2.92. The third-order valence-electron chi connectivity index (χ3n) is 4.04. The van der Waals surface area contributed by atoms with Crippen molar-refractivity contribution in [2.45, 2.75) is 36.8 Å². The molecule has 2 aromatic carbocycles. The Hall–Kier alpha value is -2.05. The van der Waals surface area contributed by atoms with Crippen LogP contribution in [-0.2, 0) is 10.0 Å². The molecule has 2 aromatic rings. The lowest BCUT2D eigenvalue weighted by atomic mass is 9.90. The van der Waals surface area contributed by atoms with Gasteiger partial charge in [0.1, 0.15) is 17.1 Å². The third kappa shape index (κ3) is 3.39. The van der Waals surface area contributed by atoms with Gasteiger partial charge in [0.2, 0.25) is 10.0 Å². The number of fused-ring (bicyclic) bond motifs is 1. The fraction of sp³-hybridized carbons (Fsp3) is 0.333. The molecule has 24 heavy (non-hydrogen) atoms. The highest BCUT2D eigenvalue weighted by Crippen LogP contribution is 2.39. The van der Waals surface area contributed by atoms with Gasteiger partial charge in [-0.3, -0.25) is 0 Å². The highest BCUT2D eigenvalue weighted by atomic mass is 32.2. The van der Waals surface area contributed by atoms with Crippen LogP contribution < -0.4 is 14.2 Å². The smallest absolute Gasteiger partial charge is 0.241 e. The Morgan fingerprint density at radius 3 is 2.46 bits per heavy atom. The molecule has 0 unspecified atom stereocenters. The third-order valence-corrected chi connectivity index (χ3v) is 5.53. The SMILES string of the molecule is COc1ccc(S(=O)(=O)N[C@@H]2CC(C)(C)Oc3ccccc32)cc1. The fourth-order valence-corrected chi connectivity index (χ4v) is 4.13. The van der Waals surface area contributed by atoms with Crippen molar-refractivity contribution in [1.82, 2.24) is 4.72 Å². The Labute approximate surface area is 142 Å². The van der Waals surface area contributed by atoms with E-state index in [2.05, 4.69) is 4.72 Å². The number of rotatable bonds is 4. The second kappa shape index (κ2) is 6.11. The van der Waals surface area contributed by atoms with Gasteiger partial charge < -0.3 is 9.47 Å². The maximum Gasteiger partial charge on any atom is 0.241 e. The summed E-state index contributed by atoms with van der Waals surface area (Å²) in [4.78, 5) is 0.213. The lowest BCUT2D eigenvalue weighted by molar-refractivity contribution is 0.0702. The standard InChI is InChI=1S/C18H21NO4S/c1-18(2)12-16(15-6-4-5-7-17(15)23-18)19-24(20,21)14-10-8-13(22-3)9-11-14/h4-11,16,19H,12H2,1-3H3/t16-/m1/s1. The van der Waals surface area contributed by atoms with Crippen molar-refractivity contribution in [2.24, 2.45) is 0 Å². The summed E-state index contributed by atoms with van der Waals surface area (Å²) >= 11 is 0. The monoisotopic (exact) mass is 347 g/mol. The van der Waals surface area contributed by atoms with E-state index in [0.717, 1.165) is 11.3 Å². The van der Waals surface area contributed by atoms with E-state index in [1.54, 1.807) is 19.2 Å². The molecule has 0 aliphatic carbocycles. The van der Waals surface area contributed by atoms with E-state index < -0.39 is 15.6 Å². The molecule has 1 atom stereocenters. The van der Waals surface area contributed by atoms with Crippen LogP contribution in [0.15, 0.2) is 53.4 Å². The Balaban J connectivity index is 1.91. The molecule has 0 radical (unpaired) electrons. The first-order chi connectivity index (χ1) is 11.3. The summed E-state index contributed by atoms with van der Waals surface area (Å²) in [6.07, 6.45) is 0.555. The first-order valence-electron chi connectivity index (χ1n) is 7.75. The molecule has 3 rings (SSSR count). The molecule has 0 saturated heterocycles. The van der Waals surface area contributed by atoms with Gasteiger partial charge in [0.25, 0.3) is 0 Å². The van der Waals surface area contributed by atoms with E-state index in [1.165, 1.54) is 12.1 Å². The second-order valence-electron chi connectivity index (χ2n) is 6.45. The number of nitrogens with one attached hydrogen (secondary N) is 1. The minimum absolute atomic E-state index is 0.213. The molecule has 0 bridgehead atoms. The highest BCUT2D eigenvalue weighted by Gasteiger charge is 2.35. The molecule has 0 fully saturated rings. The number of ether oxygens (including phenoxy) is 2. The van der Waals surface area contributed by atoms with E-state index in [9.17, 15) is 8.42 Å². The minimum atomic E-state index is -3.64. The van der Waals surface area contributed by atoms with Crippen molar-refractivity contribution < 1.29 is 17.9 Å². The topological polar surface area (TPSA) is 64.6 Å². The van der Waals surface area contributed by atoms with Gasteiger partial charge in [-0.2, -0.15) is 0 Å². The summed E-state index contributed by atoms with van der Waals surface area (Å²) in [6, 6.07) is 13.5. The molecule has 1 aliphatic heterocycles. The van der Waals surface area contributed by atoms with Crippen molar-refractivity contribution in [2.75, 3.05) is 7.11 Å². The number of methoxy groups -OCH3 is 1. The zero-order chi connectivity index (χ0) is 17.4. The largest absolute Gasteiger partial charge is 0.497 e. The van der Waals surface area contributed by atoms with Gasteiger partial charge in [-0.05, 0) is 44.2 Å². The number of benzene rings is 2. The summed E-state index contributed by atoms with van der Waals surface area (Å²) in [5.41, 5.74) is 0.412. The predicted molar refractivity (Wildman–Crippen MR) is 91.8 cm³/mol. The van der Waals surface area contributed by atoms with Crippen LogP contribution in [0.2, 0.25) is 0 Å². The Bertz CT molecular complexity index is 828. The van der Waals surface area contributed by atoms with E-state index in [0.29, 0.717) is 12.2 Å². The van der Waals surface area contributed by atoms with Crippen molar-refractivity contribution in [3.8, 4) is 11.5 Å². The summed E-state index contributed by atoms with van der Waals surface area (Å²) in [5.74, 6) is 1.34. The van der Waals surface area contributed by atoms with Crippen LogP contribution in [0, 0.1) is 0 Å². The van der Waals surface area contributed by atoms with Crippen molar-refractivity contribution in [3.63, 3.8) is 0 Å². The second-order valence-corrected chi connectivity index (χ2v) is 8.17. The van der Waals surface area contributed by atoms with Gasteiger partial charge >= 0.3 is 0 Å². The number of para-hydroxylation sites is 1. The van der Waals surface area contributed by atoms with E-state index in [-0.39, 0.29) is 10.9 Å². The molecule has 0 saturated carbocycles. The molecule has 0 spiro atoms. The Kier molecular flexibility index (Phi) is 4.27. The molecular formula is C18H21NO4S. The lowest BCUT2D eigenvalue weighted by Crippen LogP contribution is -2.41. The number of sulfonamides is 1. The van der Waals surface area contributed by atoms with Crippen LogP contribution in [0.25, 0.3) is 0 Å². The first-order valence-corrected chi connectivity index (χ1v) is 9.23. The van der Waals surface area contributed by atoms with Crippen LogP contribution >= 0.6 is 0 Å². The Morgan fingerprint density at radius 1 is 1.12 bits per heavy atom. The number of hydrogen-bond acceptors (Lipinski definition) is 4. The molecule has 1 N–H and O–H groups in total. The zero-order valence-electron chi connectivity index (χ0n) is 13.9. The summed E-state index contributed by atoms with van der Waals surface area (Å²) in [6.45, 7) is 3.91. The molecular weight excluding hydrogens is 326 g/mol. The first kappa shape index (κ1) is 16.8. The van der Waals surface area contributed by atoms with Gasteiger partial charge in [0.15, 0.2) is 0 Å². The summed E-state index contributed by atoms with van der Waals surface area (Å²) in [7, 11) is -2.09. The summed E-state index contributed by atoms with van der Waals surface area (Å²) in [5, 5.41) is 0. The average Bonchev–Trinajstić information content (AvgIpc) is 2.53. The Morgan fingerprint density at radius 2 is 1.79 bits per heavy atom. The zero-order valence-corrected chi connectivity index (χ0v) is 14.8. The molecule has 5 nitrogen and oxygen atoms in total. The average molecular weight is 347 g/mol. The quantitative estimate of drug-likeness (QED) is 0.922. The molecule has 1 heterocycles. The minimum Gasteiger partial charge on any atom is -0.497 e. The number of hydrogen-bond donors (Lipinski definition) is 1. The van der Waals surface area contributed by atoms with Crippen molar-refractivity contribution in [3.05, 3.63) is 54.1 Å². The van der Waals surface area contributed by atoms with Gasteiger partial charge in [0, 0.05) is 12.0 Å². The molecule has 6 heteroatoms. The maximum absolute atomic E-state index is 12.7. The van der Waals surface area contributed by atoms with Crippen molar-refractivity contribution in [1.29, 1.82) is 0 Å². The normalized spacial score (nSPS) is 19.2. The van der Waals surface area contributed by atoms with Crippen LogP contribution in [0.1, 0.15) is 31.9 Å². The molecule has 0 amide bonds. The predicted octanol–water partition coefficient (Wildman–Crippen LogP) is 3.28. The lowest BCUT2D eigenvalue weighted by Gasteiger charge is -2.37. The van der Waals surface area contributed by atoms with E-state index in [1.807, 2.05) is 38.1 Å². The highest BCUT2D eigenvalue weighted by molar-refractivity contribution is 7.89. The van der Waals surface area contributed by atoms with Crippen LogP contribution in [0.3, 0.4) is 0 Å². The maximum atomic E-state index is 12.7. The van der Waals surface area contributed by atoms with Gasteiger partial charge in [-0.15, -0.1) is 0 Å².